The molecule has 0 heteroatoms. The van der Waals surface area contributed by atoms with Gasteiger partial charge in [0.25, 0.3) is 0 Å². The molecule has 0 aromatic carbocycles. The molecule has 6 rings (SSSR count). The van der Waals surface area contributed by atoms with Crippen molar-refractivity contribution in [3.8, 4) is 0 Å². The fourth-order valence-corrected chi connectivity index (χ4v) is 11.1. The molecular weight excluding hydrogens is 577 g/mol. The average Bonchev–Trinajstić information content (AvgIpc) is 3.14. The molecule has 6 fully saturated rings. The van der Waals surface area contributed by atoms with Gasteiger partial charge in [-0.2, -0.15) is 0 Å². The second-order valence-corrected chi connectivity index (χ2v) is 19.5. The zero-order chi connectivity index (χ0) is 34.7. The van der Waals surface area contributed by atoms with Gasteiger partial charge in [-0.1, -0.05) is 184 Å². The third kappa shape index (κ3) is 16.1. The Morgan fingerprint density at radius 3 is 0.562 bits per heavy atom. The smallest absolute Gasteiger partial charge is 0.0386 e. The van der Waals surface area contributed by atoms with E-state index in [1.165, 1.54) is 128 Å². The number of rotatable bonds is 6. The minimum absolute atomic E-state index is 1.02. The van der Waals surface area contributed by atoms with E-state index in [-0.39, 0.29) is 0 Å². The predicted molar refractivity (Wildman–Crippen MR) is 217 cm³/mol. The van der Waals surface area contributed by atoms with Gasteiger partial charge in [-0.25, -0.2) is 0 Å². The molecule has 0 aromatic rings. The van der Waals surface area contributed by atoms with E-state index in [9.17, 15) is 0 Å². The summed E-state index contributed by atoms with van der Waals surface area (Å²) in [6.45, 7) is 19.0. The highest BCUT2D eigenvalue weighted by Gasteiger charge is 2.30. The van der Waals surface area contributed by atoms with Gasteiger partial charge in [0.1, 0.15) is 0 Å². The summed E-state index contributed by atoms with van der Waals surface area (Å²) in [5.41, 5.74) is 0. The Hall–Kier alpha value is 0. The topological polar surface area (TPSA) is 0 Å². The van der Waals surface area contributed by atoms with Crippen molar-refractivity contribution in [2.45, 2.75) is 235 Å². The summed E-state index contributed by atoms with van der Waals surface area (Å²) in [5, 5.41) is 0. The maximum Gasteiger partial charge on any atom is -0.0386 e. The van der Waals surface area contributed by atoms with Crippen LogP contribution in [0.5, 0.6) is 0 Å². The van der Waals surface area contributed by atoms with Crippen molar-refractivity contribution in [3.63, 3.8) is 0 Å². The monoisotopic (exact) mass is 669 g/mol. The fraction of sp³-hybridized carbons (Fsp3) is 1.00. The molecule has 0 atom stereocenters. The molecule has 284 valence electrons. The van der Waals surface area contributed by atoms with Crippen molar-refractivity contribution in [3.05, 3.63) is 0 Å². The van der Waals surface area contributed by atoms with Crippen LogP contribution in [0.4, 0.5) is 0 Å². The molecule has 0 saturated heterocycles. The molecule has 0 unspecified atom stereocenters. The van der Waals surface area contributed by atoms with Gasteiger partial charge in [-0.15, -0.1) is 0 Å². The third-order valence-corrected chi connectivity index (χ3v) is 15.8. The largest absolute Gasteiger partial charge is 0.0651 e. The van der Waals surface area contributed by atoms with Gasteiger partial charge >= 0.3 is 0 Å². The summed E-state index contributed by atoms with van der Waals surface area (Å²) < 4.78 is 0. The molecule has 6 saturated carbocycles. The lowest BCUT2D eigenvalue weighted by atomic mass is 9.68. The second kappa shape index (κ2) is 24.3. The van der Waals surface area contributed by atoms with E-state index in [1.807, 2.05) is 0 Å². The predicted octanol–water partition coefficient (Wildman–Crippen LogP) is 16.5. The van der Waals surface area contributed by atoms with Crippen LogP contribution in [-0.4, -0.2) is 0 Å². The lowest BCUT2D eigenvalue weighted by Gasteiger charge is -2.37. The van der Waals surface area contributed by atoms with E-state index >= 15 is 0 Å². The molecule has 0 spiro atoms. The SMILES string of the molecule is CC1CCC(C)CC1.CC1CCC(C2CCC(C)CC2)CC1.CCC1CCC(C2CCC(CC)CC2)CC1.CCC1CCC(CC)CC1. The van der Waals surface area contributed by atoms with Crippen LogP contribution in [0.25, 0.3) is 0 Å². The van der Waals surface area contributed by atoms with Crippen LogP contribution in [0, 0.1) is 71.0 Å². The molecule has 0 bridgehead atoms. The standard InChI is InChI=1S/C16H30.C14H26.C10H20.C8H16/c1-3-13-5-9-15(10-6-13)16-11-7-14(4-2)8-12-16;1-11-3-7-13(8-4-11)14-9-5-12(2)6-10-14;1-3-9-5-7-10(4-2)8-6-9;1-7-3-5-8(2)6-4-7/h13-16H,3-12H2,1-2H3;11-14H,3-10H2,1-2H3;9-10H,3-8H2,1-2H3;7-8H,3-6H2,1-2H3. The van der Waals surface area contributed by atoms with Crippen LogP contribution in [0.2, 0.25) is 0 Å². The quantitative estimate of drug-likeness (QED) is 0.264. The molecule has 0 heterocycles. The summed E-state index contributed by atoms with van der Waals surface area (Å²) in [7, 11) is 0. The minimum Gasteiger partial charge on any atom is -0.0651 e. The van der Waals surface area contributed by atoms with E-state index in [4.69, 9.17) is 0 Å². The first-order valence-corrected chi connectivity index (χ1v) is 23.2. The van der Waals surface area contributed by atoms with E-state index < -0.39 is 0 Å². The number of hydrogen-bond acceptors (Lipinski definition) is 0. The normalized spacial score (nSPS) is 40.5. The molecular formula is C48H92. The van der Waals surface area contributed by atoms with Crippen LogP contribution in [-0.2, 0) is 0 Å². The molecule has 6 aliphatic rings. The van der Waals surface area contributed by atoms with E-state index in [1.54, 1.807) is 51.4 Å². The summed E-state index contributed by atoms with van der Waals surface area (Å²) in [5.74, 6) is 12.8. The Balaban J connectivity index is 0.000000179. The first-order chi connectivity index (χ1) is 23.2. The maximum absolute atomic E-state index is 2.43. The van der Waals surface area contributed by atoms with Crippen molar-refractivity contribution in [1.82, 2.24) is 0 Å². The zero-order valence-electron chi connectivity index (χ0n) is 34.7. The van der Waals surface area contributed by atoms with Crippen LogP contribution in [0.3, 0.4) is 0 Å². The van der Waals surface area contributed by atoms with Gasteiger partial charge in [-0.05, 0) is 122 Å². The highest BCUT2D eigenvalue weighted by molar-refractivity contribution is 4.82. The third-order valence-electron chi connectivity index (χ3n) is 15.8. The van der Waals surface area contributed by atoms with Gasteiger partial charge in [-0.3, -0.25) is 0 Å². The zero-order valence-corrected chi connectivity index (χ0v) is 34.7. The Labute approximate surface area is 305 Å². The number of hydrogen-bond donors (Lipinski definition) is 0. The van der Waals surface area contributed by atoms with Crippen molar-refractivity contribution in [1.29, 1.82) is 0 Å². The highest BCUT2D eigenvalue weighted by atomic mass is 14.4. The Morgan fingerprint density at radius 1 is 0.229 bits per heavy atom. The summed E-state index contributed by atoms with van der Waals surface area (Å²) in [6, 6.07) is 0. The lowest BCUT2D eigenvalue weighted by molar-refractivity contribution is 0.144. The van der Waals surface area contributed by atoms with Crippen LogP contribution < -0.4 is 0 Å². The van der Waals surface area contributed by atoms with E-state index in [0.717, 1.165) is 71.0 Å². The molecule has 0 radical (unpaired) electrons. The van der Waals surface area contributed by atoms with Gasteiger partial charge < -0.3 is 0 Å². The fourth-order valence-electron chi connectivity index (χ4n) is 11.1. The Morgan fingerprint density at radius 2 is 0.375 bits per heavy atom. The van der Waals surface area contributed by atoms with Gasteiger partial charge in [0.05, 0.1) is 0 Å². The van der Waals surface area contributed by atoms with Gasteiger partial charge in [0.15, 0.2) is 0 Å². The first-order valence-electron chi connectivity index (χ1n) is 23.2. The Bertz CT molecular complexity index is 656. The minimum atomic E-state index is 1.02. The molecule has 48 heavy (non-hydrogen) atoms. The Kier molecular flexibility index (Phi) is 21.5. The van der Waals surface area contributed by atoms with Crippen molar-refractivity contribution in [2.24, 2.45) is 71.0 Å². The molecule has 0 aromatic heterocycles. The van der Waals surface area contributed by atoms with Crippen molar-refractivity contribution >= 4 is 0 Å². The van der Waals surface area contributed by atoms with Crippen LogP contribution >= 0.6 is 0 Å². The summed E-state index contributed by atoms with van der Waals surface area (Å²) in [6.07, 6.45) is 42.2. The van der Waals surface area contributed by atoms with E-state index in [0.29, 0.717) is 0 Å². The maximum atomic E-state index is 2.43. The molecule has 0 N–H and O–H groups in total. The van der Waals surface area contributed by atoms with Gasteiger partial charge in [0, 0.05) is 0 Å². The second-order valence-electron chi connectivity index (χ2n) is 19.5. The molecule has 0 aliphatic heterocycles. The van der Waals surface area contributed by atoms with Crippen molar-refractivity contribution < 1.29 is 0 Å². The van der Waals surface area contributed by atoms with Crippen LogP contribution in [0.15, 0.2) is 0 Å². The van der Waals surface area contributed by atoms with Crippen LogP contribution in [0.1, 0.15) is 235 Å². The molecule has 0 amide bonds. The molecule has 6 aliphatic carbocycles. The summed E-state index contributed by atoms with van der Waals surface area (Å²) in [4.78, 5) is 0. The van der Waals surface area contributed by atoms with Gasteiger partial charge in [0.2, 0.25) is 0 Å². The molecule has 0 nitrogen and oxygen atoms in total. The average molecular weight is 669 g/mol. The van der Waals surface area contributed by atoms with Crippen molar-refractivity contribution in [2.75, 3.05) is 0 Å². The highest BCUT2D eigenvalue weighted by Crippen LogP contribution is 2.43. The summed E-state index contributed by atoms with van der Waals surface area (Å²) >= 11 is 0. The first kappa shape index (κ1) is 42.4. The van der Waals surface area contributed by atoms with E-state index in [2.05, 4.69) is 55.4 Å². The lowest BCUT2D eigenvalue weighted by Crippen LogP contribution is -2.25.